The number of benzene rings is 6. The summed E-state index contributed by atoms with van der Waals surface area (Å²) in [6.45, 7) is 8.11. The number of allylic oxidation sites excluding steroid dienone is 10. The molecule has 0 spiro atoms. The molecular weight excluding hydrogens is 741 g/mol. The van der Waals surface area contributed by atoms with E-state index in [0.29, 0.717) is 11.4 Å². The Hall–Kier alpha value is -8.13. The van der Waals surface area contributed by atoms with E-state index in [4.69, 9.17) is 9.97 Å². The lowest BCUT2D eigenvalue weighted by Crippen LogP contribution is -2.03. The zero-order valence-electron chi connectivity index (χ0n) is 33.5. The minimum absolute atomic E-state index is 0.237. The Kier molecular flexibility index (Phi) is 9.69. The van der Waals surface area contributed by atoms with Gasteiger partial charge in [0.25, 0.3) is 0 Å². The van der Waals surface area contributed by atoms with Crippen molar-refractivity contribution in [1.82, 2.24) is 14.5 Å². The van der Waals surface area contributed by atoms with Gasteiger partial charge in [0.05, 0.1) is 34.1 Å². The molecule has 0 radical (unpaired) electrons. The zero-order chi connectivity index (χ0) is 41.3. The van der Waals surface area contributed by atoms with E-state index >= 15 is 0 Å². The van der Waals surface area contributed by atoms with Crippen molar-refractivity contribution in [2.24, 2.45) is 5.92 Å². The number of nitrogens with zero attached hydrogens (tertiary/aromatic N) is 4. The van der Waals surface area contributed by atoms with Crippen molar-refractivity contribution in [3.8, 4) is 45.5 Å². The first-order chi connectivity index (χ1) is 30.0. The van der Waals surface area contributed by atoms with Gasteiger partial charge in [0.15, 0.2) is 5.82 Å². The third-order valence-corrected chi connectivity index (χ3v) is 11.6. The molecule has 2 aliphatic carbocycles. The van der Waals surface area contributed by atoms with Crippen LogP contribution in [0, 0.1) is 17.2 Å². The molecule has 4 heteroatoms. The van der Waals surface area contributed by atoms with Gasteiger partial charge in [-0.3, -0.25) is 0 Å². The Morgan fingerprint density at radius 2 is 1.44 bits per heavy atom. The first-order valence-electron chi connectivity index (χ1n) is 20.5. The Morgan fingerprint density at radius 3 is 2.23 bits per heavy atom. The van der Waals surface area contributed by atoms with E-state index in [1.54, 1.807) is 6.08 Å². The number of hydrogen-bond acceptors (Lipinski definition) is 3. The van der Waals surface area contributed by atoms with Crippen molar-refractivity contribution in [2.45, 2.75) is 6.42 Å². The molecular formula is C57H40N4. The first kappa shape index (κ1) is 37.2. The molecule has 1 atom stereocenters. The lowest BCUT2D eigenvalue weighted by Gasteiger charge is -2.20. The van der Waals surface area contributed by atoms with Gasteiger partial charge in [-0.05, 0) is 105 Å². The summed E-state index contributed by atoms with van der Waals surface area (Å²) in [5.74, 6) is 0.899. The fourth-order valence-electron chi connectivity index (χ4n) is 8.49. The monoisotopic (exact) mass is 780 g/mol. The molecule has 4 nitrogen and oxygen atoms in total. The van der Waals surface area contributed by atoms with Crippen LogP contribution in [-0.2, 0) is 0 Å². The highest BCUT2D eigenvalue weighted by atomic mass is 15.0. The molecule has 2 aliphatic rings. The molecule has 0 amide bonds. The van der Waals surface area contributed by atoms with Gasteiger partial charge in [0.1, 0.15) is 0 Å². The van der Waals surface area contributed by atoms with Crippen LogP contribution < -0.4 is 0 Å². The van der Waals surface area contributed by atoms with E-state index in [-0.39, 0.29) is 5.92 Å². The maximum absolute atomic E-state index is 9.70. The van der Waals surface area contributed by atoms with Crippen LogP contribution in [0.3, 0.4) is 0 Å². The summed E-state index contributed by atoms with van der Waals surface area (Å²) < 4.78 is 2.27. The lowest BCUT2D eigenvalue weighted by molar-refractivity contribution is 0.823. The number of fused-ring (bicyclic) bond motifs is 6. The molecule has 4 bridgehead atoms. The molecule has 10 rings (SSSR count). The SMILES string of the molecule is C=C/C=C\C(=C)c1cc(-c2ccccc2)nc(-c2ccc3cc2/C=C\C2C=C(C=C3)C(c3ccc(-c4ccc5c6ccc(C#N)cc6n(-c6ccccc6)c5c4)cc3)=CC2)n1. The van der Waals surface area contributed by atoms with E-state index < -0.39 is 0 Å². The zero-order valence-corrected chi connectivity index (χ0v) is 33.5. The molecule has 0 N–H and O–H groups in total. The lowest BCUT2D eigenvalue weighted by atomic mass is 9.85. The van der Waals surface area contributed by atoms with Crippen molar-refractivity contribution in [1.29, 1.82) is 5.26 Å². The third-order valence-electron chi connectivity index (χ3n) is 11.6. The molecule has 61 heavy (non-hydrogen) atoms. The van der Waals surface area contributed by atoms with E-state index in [0.717, 1.165) is 84.3 Å². The Labute approximate surface area is 356 Å². The molecule has 0 fully saturated rings. The minimum atomic E-state index is 0.237. The summed E-state index contributed by atoms with van der Waals surface area (Å²) in [6.07, 6.45) is 20.2. The Bertz CT molecular complexity index is 3240. The van der Waals surface area contributed by atoms with Crippen molar-refractivity contribution in [2.75, 3.05) is 0 Å². The summed E-state index contributed by atoms with van der Waals surface area (Å²) >= 11 is 0. The Morgan fingerprint density at radius 1 is 0.705 bits per heavy atom. The predicted molar refractivity (Wildman–Crippen MR) is 254 cm³/mol. The molecule has 2 heterocycles. The third kappa shape index (κ3) is 7.20. The smallest absolute Gasteiger partial charge is 0.161 e. The van der Waals surface area contributed by atoms with Gasteiger partial charge in [-0.2, -0.15) is 5.26 Å². The first-order valence-corrected chi connectivity index (χ1v) is 20.5. The number of aromatic nitrogens is 3. The van der Waals surface area contributed by atoms with Crippen LogP contribution in [0.5, 0.6) is 0 Å². The van der Waals surface area contributed by atoms with E-state index in [9.17, 15) is 5.26 Å². The molecule has 6 aromatic carbocycles. The Balaban J connectivity index is 0.954. The quantitative estimate of drug-likeness (QED) is 0.144. The normalized spacial score (nSPS) is 15.0. The average molecular weight is 781 g/mol. The van der Waals surface area contributed by atoms with Crippen molar-refractivity contribution in [3.05, 3.63) is 235 Å². The number of nitriles is 1. The molecule has 2 aromatic heterocycles. The van der Waals surface area contributed by atoms with Gasteiger partial charge >= 0.3 is 0 Å². The maximum atomic E-state index is 9.70. The molecule has 0 aliphatic heterocycles. The van der Waals surface area contributed by atoms with Crippen LogP contribution in [0.2, 0.25) is 0 Å². The summed E-state index contributed by atoms with van der Waals surface area (Å²) in [5, 5.41) is 12.0. The van der Waals surface area contributed by atoms with Gasteiger partial charge in [-0.1, -0.05) is 165 Å². The van der Waals surface area contributed by atoms with Crippen LogP contribution in [0.25, 0.3) is 84.6 Å². The highest BCUT2D eigenvalue weighted by Gasteiger charge is 2.19. The van der Waals surface area contributed by atoms with Gasteiger partial charge in [-0.25, -0.2) is 9.97 Å². The average Bonchev–Trinajstić information content (AvgIpc) is 3.65. The van der Waals surface area contributed by atoms with Crippen molar-refractivity contribution < 1.29 is 0 Å². The van der Waals surface area contributed by atoms with Crippen molar-refractivity contribution >= 4 is 45.1 Å². The largest absolute Gasteiger partial charge is 0.309 e. The molecule has 1 unspecified atom stereocenters. The minimum Gasteiger partial charge on any atom is -0.309 e. The van der Waals surface area contributed by atoms with Crippen LogP contribution >= 0.6 is 0 Å². The van der Waals surface area contributed by atoms with Gasteiger partial charge < -0.3 is 4.57 Å². The molecule has 0 saturated heterocycles. The number of para-hydroxylation sites is 1. The summed E-state index contributed by atoms with van der Waals surface area (Å²) in [5.41, 5.74) is 16.4. The predicted octanol–water partition coefficient (Wildman–Crippen LogP) is 14.3. The van der Waals surface area contributed by atoms with Gasteiger partial charge in [-0.15, -0.1) is 0 Å². The summed E-state index contributed by atoms with van der Waals surface area (Å²) in [6, 6.07) is 53.0. The summed E-state index contributed by atoms with van der Waals surface area (Å²) in [7, 11) is 0. The molecule has 288 valence electrons. The van der Waals surface area contributed by atoms with Crippen LogP contribution in [0.1, 0.15) is 34.4 Å². The number of hydrogen-bond donors (Lipinski definition) is 0. The van der Waals surface area contributed by atoms with Gasteiger partial charge in [0, 0.05) is 27.6 Å². The second-order valence-corrected chi connectivity index (χ2v) is 15.5. The van der Waals surface area contributed by atoms with E-state index in [2.05, 4.69) is 163 Å². The summed E-state index contributed by atoms with van der Waals surface area (Å²) in [4.78, 5) is 10.1. The second kappa shape index (κ2) is 15.9. The standard InChI is InChI=1S/C57H40N4/c1-3-4-11-38(2)53-36-54(44-12-7-5-8-13-44)60-57(59-53)50-29-19-40-16-21-46-32-39(17-22-47(50)33-40)18-28-49(46)43-25-23-42(24-26-43)45-27-31-52-51-30-20-41(37-58)34-55(51)61(56(52)35-45)48-14-9-6-10-15-48/h3-17,19-36,39H,1-2,18H2/b11-4-,21-16?,22-17-. The number of rotatable bonds is 8. The van der Waals surface area contributed by atoms with Crippen LogP contribution in [0.4, 0.5) is 0 Å². The fourth-order valence-corrected chi connectivity index (χ4v) is 8.49. The molecule has 8 aromatic rings. The highest BCUT2D eigenvalue weighted by molar-refractivity contribution is 6.10. The van der Waals surface area contributed by atoms with Crippen LogP contribution in [-0.4, -0.2) is 14.5 Å². The second-order valence-electron chi connectivity index (χ2n) is 15.5. The van der Waals surface area contributed by atoms with Gasteiger partial charge in [0.2, 0.25) is 0 Å². The maximum Gasteiger partial charge on any atom is 0.161 e. The van der Waals surface area contributed by atoms with Crippen molar-refractivity contribution in [3.63, 3.8) is 0 Å². The van der Waals surface area contributed by atoms with E-state index in [1.165, 1.54) is 16.7 Å². The van der Waals surface area contributed by atoms with Crippen LogP contribution in [0.15, 0.2) is 207 Å². The fraction of sp³-hybridized carbons (Fsp3) is 0.0351. The van der Waals surface area contributed by atoms with E-state index in [1.807, 2.05) is 54.6 Å². The topological polar surface area (TPSA) is 54.5 Å². The molecule has 0 saturated carbocycles. The highest BCUT2D eigenvalue weighted by Crippen LogP contribution is 2.38.